The van der Waals surface area contributed by atoms with Crippen molar-refractivity contribution in [2.75, 3.05) is 4.72 Å². The number of carbonyl (C=O) groups excluding carboxylic acids is 1. The molecule has 0 radical (unpaired) electrons. The van der Waals surface area contributed by atoms with E-state index in [4.69, 9.17) is 0 Å². The Kier molecular flexibility index (Phi) is 6.26. The Morgan fingerprint density at radius 3 is 2.58 bits per heavy atom. The molecule has 0 saturated carbocycles. The van der Waals surface area contributed by atoms with Crippen LogP contribution in [-0.4, -0.2) is 18.9 Å². The molecular weight excluding hydrogens is 461 g/mol. The predicted octanol–water partition coefficient (Wildman–Crippen LogP) is 4.88. The van der Waals surface area contributed by atoms with E-state index in [2.05, 4.69) is 16.3 Å². The lowest BCUT2D eigenvalue weighted by molar-refractivity contribution is 0.0998. The van der Waals surface area contributed by atoms with Crippen LogP contribution in [0.4, 0.5) is 10.1 Å². The summed E-state index contributed by atoms with van der Waals surface area (Å²) in [6.07, 6.45) is 1.59. The van der Waals surface area contributed by atoms with Crippen molar-refractivity contribution in [3.05, 3.63) is 101 Å². The van der Waals surface area contributed by atoms with E-state index in [0.29, 0.717) is 10.2 Å². The second kappa shape index (κ2) is 9.13. The molecule has 9 heteroatoms. The van der Waals surface area contributed by atoms with Gasteiger partial charge in [-0.2, -0.15) is 4.99 Å². The van der Waals surface area contributed by atoms with Gasteiger partial charge in [0, 0.05) is 6.54 Å². The average Bonchev–Trinajstić information content (AvgIpc) is 3.12. The Hall–Kier alpha value is -3.56. The second-order valence-electron chi connectivity index (χ2n) is 7.25. The highest BCUT2D eigenvalue weighted by atomic mass is 32.2. The summed E-state index contributed by atoms with van der Waals surface area (Å²) in [6, 6.07) is 17.3. The molecule has 1 heterocycles. The van der Waals surface area contributed by atoms with Gasteiger partial charge in [-0.1, -0.05) is 53.3 Å². The highest BCUT2D eigenvalue weighted by Crippen LogP contribution is 2.23. The topological polar surface area (TPSA) is 80.5 Å². The monoisotopic (exact) mass is 481 g/mol. The molecule has 0 bridgehead atoms. The van der Waals surface area contributed by atoms with Crippen LogP contribution in [0.25, 0.3) is 10.2 Å². The number of benzene rings is 3. The summed E-state index contributed by atoms with van der Waals surface area (Å²) in [4.78, 5) is 17.7. The molecule has 0 aliphatic carbocycles. The van der Waals surface area contributed by atoms with E-state index in [1.165, 1.54) is 41.7 Å². The van der Waals surface area contributed by atoms with Crippen LogP contribution in [0.5, 0.6) is 0 Å². The molecule has 1 N–H and O–H groups in total. The number of anilines is 1. The van der Waals surface area contributed by atoms with Gasteiger partial charge in [0.15, 0.2) is 4.80 Å². The van der Waals surface area contributed by atoms with Crippen molar-refractivity contribution in [2.45, 2.75) is 18.4 Å². The third kappa shape index (κ3) is 4.64. The van der Waals surface area contributed by atoms with E-state index >= 15 is 0 Å². The van der Waals surface area contributed by atoms with Gasteiger partial charge in [-0.05, 0) is 43.3 Å². The standard InChI is InChI=1S/C24H20FN3O3S2/c1-3-15-28-22-19(25)8-6-10-21(22)32-24(28)26-23(29)18-7-4-5-9-20(18)27-33(30,31)17-13-11-16(2)12-14-17/h3-14,27H,1,15H2,2H3. The quantitative estimate of drug-likeness (QED) is 0.399. The van der Waals surface area contributed by atoms with Crippen LogP contribution < -0.4 is 9.52 Å². The minimum absolute atomic E-state index is 0.0797. The molecule has 0 aliphatic heterocycles. The summed E-state index contributed by atoms with van der Waals surface area (Å²) in [7, 11) is -3.91. The normalized spacial score (nSPS) is 12.1. The Morgan fingerprint density at radius 1 is 1.12 bits per heavy atom. The molecule has 0 unspecified atom stereocenters. The minimum atomic E-state index is -3.91. The Morgan fingerprint density at radius 2 is 1.85 bits per heavy atom. The van der Waals surface area contributed by atoms with Gasteiger partial charge in [0.2, 0.25) is 0 Å². The molecule has 4 rings (SSSR count). The fourth-order valence-electron chi connectivity index (χ4n) is 3.30. The van der Waals surface area contributed by atoms with Crippen molar-refractivity contribution in [3.63, 3.8) is 0 Å². The summed E-state index contributed by atoms with van der Waals surface area (Å²) in [5, 5.41) is 0. The molecular formula is C24H20FN3O3S2. The van der Waals surface area contributed by atoms with Gasteiger partial charge < -0.3 is 4.57 Å². The first-order chi connectivity index (χ1) is 15.8. The Balaban J connectivity index is 1.76. The van der Waals surface area contributed by atoms with Gasteiger partial charge >= 0.3 is 0 Å². The molecule has 168 valence electrons. The highest BCUT2D eigenvalue weighted by Gasteiger charge is 2.19. The predicted molar refractivity (Wildman–Crippen MR) is 128 cm³/mol. The maximum absolute atomic E-state index is 14.4. The number of sulfonamides is 1. The first-order valence-corrected chi connectivity index (χ1v) is 12.3. The number of halogens is 1. The summed E-state index contributed by atoms with van der Waals surface area (Å²) >= 11 is 1.17. The number of aromatic nitrogens is 1. The number of rotatable bonds is 6. The second-order valence-corrected chi connectivity index (χ2v) is 9.94. The van der Waals surface area contributed by atoms with Gasteiger partial charge in [-0.3, -0.25) is 9.52 Å². The fraction of sp³-hybridized carbons (Fsp3) is 0.0833. The number of nitrogens with one attached hydrogen (secondary N) is 1. The van der Waals surface area contributed by atoms with E-state index < -0.39 is 21.7 Å². The fourth-order valence-corrected chi connectivity index (χ4v) is 5.43. The van der Waals surface area contributed by atoms with Crippen LogP contribution >= 0.6 is 11.3 Å². The van der Waals surface area contributed by atoms with Gasteiger partial charge in [0.25, 0.3) is 15.9 Å². The van der Waals surface area contributed by atoms with E-state index in [-0.39, 0.29) is 27.5 Å². The molecule has 4 aromatic rings. The summed E-state index contributed by atoms with van der Waals surface area (Å²) in [6.45, 7) is 5.81. The minimum Gasteiger partial charge on any atom is -0.310 e. The number of thiazole rings is 1. The number of allylic oxidation sites excluding steroid dienone is 1. The number of nitrogens with zero attached hydrogens (tertiary/aromatic N) is 2. The lowest BCUT2D eigenvalue weighted by Crippen LogP contribution is -2.18. The molecule has 33 heavy (non-hydrogen) atoms. The van der Waals surface area contributed by atoms with Crippen LogP contribution in [0.1, 0.15) is 15.9 Å². The number of fused-ring (bicyclic) bond motifs is 1. The maximum atomic E-state index is 14.4. The molecule has 1 aromatic heterocycles. The Bertz CT molecular complexity index is 1540. The number of carbonyl (C=O) groups is 1. The third-order valence-electron chi connectivity index (χ3n) is 4.89. The van der Waals surface area contributed by atoms with E-state index in [1.807, 2.05) is 6.92 Å². The van der Waals surface area contributed by atoms with Crippen LogP contribution in [0.15, 0.2) is 89.3 Å². The SMILES string of the molecule is C=CCn1c(=NC(=O)c2ccccc2NS(=O)(=O)c2ccc(C)cc2)sc2cccc(F)c21. The summed E-state index contributed by atoms with van der Waals surface area (Å²) in [5.41, 5.74) is 1.45. The molecule has 0 spiro atoms. The highest BCUT2D eigenvalue weighted by molar-refractivity contribution is 7.92. The Labute approximate surface area is 194 Å². The summed E-state index contributed by atoms with van der Waals surface area (Å²) in [5.74, 6) is -1.08. The molecule has 6 nitrogen and oxygen atoms in total. The van der Waals surface area contributed by atoms with Crippen LogP contribution in [0, 0.1) is 12.7 Å². The van der Waals surface area contributed by atoms with Crippen molar-refractivity contribution in [1.29, 1.82) is 0 Å². The zero-order valence-electron chi connectivity index (χ0n) is 17.7. The van der Waals surface area contributed by atoms with Gasteiger partial charge in [0.05, 0.1) is 26.4 Å². The largest absolute Gasteiger partial charge is 0.310 e. The van der Waals surface area contributed by atoms with Crippen LogP contribution in [0.3, 0.4) is 0 Å². The molecule has 0 saturated heterocycles. The van der Waals surface area contributed by atoms with Crippen molar-refractivity contribution in [2.24, 2.45) is 4.99 Å². The zero-order valence-corrected chi connectivity index (χ0v) is 19.3. The number of para-hydroxylation sites is 2. The van der Waals surface area contributed by atoms with E-state index in [1.54, 1.807) is 47.0 Å². The average molecular weight is 482 g/mol. The maximum Gasteiger partial charge on any atom is 0.281 e. The van der Waals surface area contributed by atoms with Crippen LogP contribution in [0.2, 0.25) is 0 Å². The number of aryl methyl sites for hydroxylation is 1. The van der Waals surface area contributed by atoms with E-state index in [9.17, 15) is 17.6 Å². The van der Waals surface area contributed by atoms with Crippen molar-refractivity contribution in [1.82, 2.24) is 4.57 Å². The smallest absolute Gasteiger partial charge is 0.281 e. The number of hydrogen-bond donors (Lipinski definition) is 1. The summed E-state index contributed by atoms with van der Waals surface area (Å²) < 4.78 is 44.8. The third-order valence-corrected chi connectivity index (χ3v) is 7.32. The lowest BCUT2D eigenvalue weighted by Gasteiger charge is -2.11. The molecule has 0 aliphatic rings. The van der Waals surface area contributed by atoms with Crippen molar-refractivity contribution < 1.29 is 17.6 Å². The van der Waals surface area contributed by atoms with Crippen molar-refractivity contribution in [3.8, 4) is 0 Å². The molecule has 1 amide bonds. The first kappa shape index (κ1) is 22.6. The zero-order chi connectivity index (χ0) is 23.6. The van der Waals surface area contributed by atoms with Crippen molar-refractivity contribution >= 4 is 43.2 Å². The lowest BCUT2D eigenvalue weighted by atomic mass is 10.2. The number of amides is 1. The van der Waals surface area contributed by atoms with Gasteiger partial charge in [-0.15, -0.1) is 6.58 Å². The van der Waals surface area contributed by atoms with Crippen LogP contribution in [-0.2, 0) is 16.6 Å². The molecule has 0 fully saturated rings. The van der Waals surface area contributed by atoms with E-state index in [0.717, 1.165) is 5.56 Å². The number of hydrogen-bond acceptors (Lipinski definition) is 4. The molecule has 3 aromatic carbocycles. The molecule has 0 atom stereocenters. The van der Waals surface area contributed by atoms with Gasteiger partial charge in [-0.25, -0.2) is 12.8 Å². The van der Waals surface area contributed by atoms with Gasteiger partial charge in [0.1, 0.15) is 5.82 Å². The first-order valence-electron chi connectivity index (χ1n) is 9.96.